The highest BCUT2D eigenvalue weighted by molar-refractivity contribution is 5.76. The molecule has 3 aliphatic heterocycles. The highest BCUT2D eigenvalue weighted by Gasteiger charge is 2.54. The van der Waals surface area contributed by atoms with Crippen molar-refractivity contribution in [1.29, 1.82) is 0 Å². The van der Waals surface area contributed by atoms with Crippen LogP contribution in [0.4, 0.5) is 0 Å². The molecule has 1 amide bonds. The number of nitrogens with one attached hydrogen (secondary N) is 1. The van der Waals surface area contributed by atoms with Gasteiger partial charge in [-0.2, -0.15) is 0 Å². The SMILES string of the molecule is CC/C=C\C/C=C\C/C=C\C/C=C\C/C=C\C/C=C\C/C=C\C/C=C\C/C=C\C/C=C\CCCCCCCCC(=O)NC(COC1OC(CO)C(OC2OC(CO)C(OC3OC(CO)C(O)C(O)C3O)C(O)C2O)C(O)C1O)C(O)CCCCCCCCCCCCCCCCCCCCCCCCCCCCCCC. The summed E-state index contributed by atoms with van der Waals surface area (Å²) in [5.74, 6) is -0.258. The Morgan fingerprint density at radius 1 is 0.333 bits per heavy atom. The van der Waals surface area contributed by atoms with Crippen LogP contribution in [0.15, 0.2) is 122 Å². The minimum Gasteiger partial charge on any atom is -0.394 e. The van der Waals surface area contributed by atoms with Crippen molar-refractivity contribution in [2.24, 2.45) is 0 Å². The Bertz CT molecular complexity index is 2480. The lowest BCUT2D eigenvalue weighted by atomic mass is 9.96. The molecule has 111 heavy (non-hydrogen) atoms. The summed E-state index contributed by atoms with van der Waals surface area (Å²) in [6.45, 7) is 1.71. The first-order valence-electron chi connectivity index (χ1n) is 44.3. The van der Waals surface area contributed by atoms with Crippen LogP contribution in [0, 0.1) is 0 Å². The van der Waals surface area contributed by atoms with E-state index in [1.54, 1.807) is 0 Å². The fourth-order valence-electron chi connectivity index (χ4n) is 14.3. The highest BCUT2D eigenvalue weighted by atomic mass is 16.8. The number of aliphatic hydroxyl groups excluding tert-OH is 11. The Labute approximate surface area is 671 Å². The molecule has 0 aliphatic carbocycles. The maximum absolute atomic E-state index is 13.5. The van der Waals surface area contributed by atoms with E-state index in [1.165, 1.54) is 161 Å². The highest BCUT2D eigenvalue weighted by Crippen LogP contribution is 2.33. The van der Waals surface area contributed by atoms with Crippen LogP contribution >= 0.6 is 0 Å². The van der Waals surface area contributed by atoms with Crippen molar-refractivity contribution in [3.05, 3.63) is 122 Å². The van der Waals surface area contributed by atoms with Gasteiger partial charge in [0.05, 0.1) is 38.6 Å². The number of aliphatic hydroxyl groups is 11. The summed E-state index contributed by atoms with van der Waals surface area (Å²) >= 11 is 0. The van der Waals surface area contributed by atoms with E-state index in [4.69, 9.17) is 28.4 Å². The van der Waals surface area contributed by atoms with Crippen molar-refractivity contribution in [3.8, 4) is 0 Å². The van der Waals surface area contributed by atoms with Gasteiger partial charge in [-0.1, -0.05) is 347 Å². The molecule has 0 spiro atoms. The van der Waals surface area contributed by atoms with Crippen LogP contribution in [0.25, 0.3) is 0 Å². The molecular weight excluding hydrogens is 1410 g/mol. The number of ether oxygens (including phenoxy) is 6. The lowest BCUT2D eigenvalue weighted by Crippen LogP contribution is -2.66. The van der Waals surface area contributed by atoms with E-state index in [9.17, 15) is 61.0 Å². The van der Waals surface area contributed by atoms with Gasteiger partial charge in [0.2, 0.25) is 5.91 Å². The van der Waals surface area contributed by atoms with Crippen molar-refractivity contribution in [2.75, 3.05) is 26.4 Å². The molecule has 3 fully saturated rings. The van der Waals surface area contributed by atoms with Gasteiger partial charge in [0.25, 0.3) is 0 Å². The van der Waals surface area contributed by atoms with E-state index in [1.807, 2.05) is 0 Å². The third kappa shape index (κ3) is 49.1. The van der Waals surface area contributed by atoms with Crippen LogP contribution in [0.1, 0.15) is 322 Å². The molecule has 12 N–H and O–H groups in total. The summed E-state index contributed by atoms with van der Waals surface area (Å²) in [7, 11) is 0. The van der Waals surface area contributed by atoms with Crippen LogP contribution in [-0.4, -0.2) is 193 Å². The molecule has 17 unspecified atom stereocenters. The minimum atomic E-state index is -1.98. The van der Waals surface area contributed by atoms with Gasteiger partial charge in [-0.15, -0.1) is 0 Å². The quantitative estimate of drug-likeness (QED) is 0.0199. The van der Waals surface area contributed by atoms with Crippen molar-refractivity contribution >= 4 is 5.91 Å². The molecule has 3 rings (SSSR count). The fourth-order valence-corrected chi connectivity index (χ4v) is 14.3. The largest absolute Gasteiger partial charge is 0.394 e. The van der Waals surface area contributed by atoms with Crippen LogP contribution in [-0.2, 0) is 33.2 Å². The van der Waals surface area contributed by atoms with Crippen molar-refractivity contribution in [1.82, 2.24) is 5.32 Å². The zero-order chi connectivity index (χ0) is 80.3. The third-order valence-electron chi connectivity index (χ3n) is 21.3. The zero-order valence-electron chi connectivity index (χ0n) is 68.9. The second kappa shape index (κ2) is 70.4. The van der Waals surface area contributed by atoms with Gasteiger partial charge < -0.3 is 89.9 Å². The third-order valence-corrected chi connectivity index (χ3v) is 21.3. The molecule has 0 aromatic carbocycles. The molecular formula is C92H159NO18. The average molecular weight is 1570 g/mol. The van der Waals surface area contributed by atoms with Gasteiger partial charge in [-0.25, -0.2) is 0 Å². The van der Waals surface area contributed by atoms with Gasteiger partial charge in [0, 0.05) is 6.42 Å². The predicted molar refractivity (Wildman–Crippen MR) is 447 cm³/mol. The molecule has 0 saturated carbocycles. The topological polar surface area (TPSA) is 307 Å². The summed E-state index contributed by atoms with van der Waals surface area (Å²) in [6, 6.07) is -0.907. The van der Waals surface area contributed by atoms with E-state index in [0.29, 0.717) is 12.8 Å². The van der Waals surface area contributed by atoms with Crippen LogP contribution in [0.5, 0.6) is 0 Å². The van der Waals surface area contributed by atoms with Gasteiger partial charge >= 0.3 is 0 Å². The maximum Gasteiger partial charge on any atom is 0.220 e. The molecule has 17 atom stereocenters. The summed E-state index contributed by atoms with van der Waals surface area (Å²) in [5.41, 5.74) is 0. The molecule has 3 saturated heterocycles. The molecule has 0 radical (unpaired) electrons. The van der Waals surface area contributed by atoms with Gasteiger partial charge in [0.1, 0.15) is 73.2 Å². The summed E-state index contributed by atoms with van der Waals surface area (Å²) in [4.78, 5) is 13.5. The Balaban J connectivity index is 1.35. The normalized spacial score (nSPS) is 25.6. The van der Waals surface area contributed by atoms with E-state index in [-0.39, 0.29) is 18.9 Å². The Morgan fingerprint density at radius 3 is 0.973 bits per heavy atom. The first kappa shape index (κ1) is 101. The van der Waals surface area contributed by atoms with Crippen LogP contribution in [0.3, 0.4) is 0 Å². The number of hydrogen-bond donors (Lipinski definition) is 12. The number of allylic oxidation sites excluding steroid dienone is 20. The Morgan fingerprint density at radius 2 is 0.622 bits per heavy atom. The summed E-state index contributed by atoms with van der Waals surface area (Å²) in [5, 5.41) is 121. The summed E-state index contributed by atoms with van der Waals surface area (Å²) < 4.78 is 34.6. The maximum atomic E-state index is 13.5. The van der Waals surface area contributed by atoms with Crippen molar-refractivity contribution < 1.29 is 89.4 Å². The molecule has 3 aliphatic rings. The van der Waals surface area contributed by atoms with E-state index in [2.05, 4.69) is 141 Å². The van der Waals surface area contributed by atoms with E-state index >= 15 is 0 Å². The fraction of sp³-hybridized carbons (Fsp3) is 0.772. The standard InChI is InChI=1S/C92H159NO18/c1-3-5-7-9-11-13-15-17-19-21-23-25-27-29-31-33-34-35-36-37-38-39-40-42-44-46-48-50-52-54-56-58-60-62-64-66-68-70-80(98)93-75(76(97)69-67-65-63-61-59-57-55-53-51-49-47-45-43-41-32-30-28-26-24-22-20-18-16-14-12-10-8-6-4-2)74-106-90-86(104)83(101)88(78(72-95)108-90)111-92-87(105)84(102)89(79(73-96)109-92)110-91-85(103)82(100)81(99)77(71-94)107-91/h5,7,11,13,17,19,23,25,29,31,34-35,37-38,40,42,46,48,52,54,75-79,81-92,94-97,99-105H,3-4,6,8-10,12,14-16,18,20-22,24,26-28,30,32-33,36,39,41,43-45,47,49-51,53,55-74H2,1-2H3,(H,93,98)/b7-5-,13-11-,19-17-,25-23-,31-29-,35-34-,38-37-,42-40-,48-46-,54-52-. The number of carbonyl (C=O) groups excluding carboxylic acids is 1. The molecule has 0 aromatic rings. The molecule has 0 aromatic heterocycles. The van der Waals surface area contributed by atoms with Gasteiger partial charge in [-0.05, 0) is 89.9 Å². The monoisotopic (exact) mass is 1570 g/mol. The smallest absolute Gasteiger partial charge is 0.220 e. The number of rotatable bonds is 70. The van der Waals surface area contributed by atoms with Gasteiger partial charge in [-0.3, -0.25) is 4.79 Å². The lowest BCUT2D eigenvalue weighted by Gasteiger charge is -2.48. The second-order valence-corrected chi connectivity index (χ2v) is 31.0. The molecule has 19 nitrogen and oxygen atoms in total. The van der Waals surface area contributed by atoms with Crippen molar-refractivity contribution in [2.45, 2.75) is 426 Å². The zero-order valence-corrected chi connectivity index (χ0v) is 68.9. The molecule has 19 heteroatoms. The van der Waals surface area contributed by atoms with Crippen molar-refractivity contribution in [3.63, 3.8) is 0 Å². The number of unbranched alkanes of at least 4 members (excludes halogenated alkanes) is 34. The van der Waals surface area contributed by atoms with Gasteiger partial charge in [0.15, 0.2) is 18.9 Å². The van der Waals surface area contributed by atoms with Crippen LogP contribution < -0.4 is 5.32 Å². The average Bonchev–Trinajstić information content (AvgIpc) is 0.779. The predicted octanol–water partition coefficient (Wildman–Crippen LogP) is 16.6. The number of amides is 1. The minimum absolute atomic E-state index is 0.242. The number of hydrogen-bond acceptors (Lipinski definition) is 18. The molecule has 3 heterocycles. The van der Waals surface area contributed by atoms with E-state index in [0.717, 1.165) is 128 Å². The number of carbonyl (C=O) groups is 1. The Hall–Kier alpha value is -3.81. The second-order valence-electron chi connectivity index (χ2n) is 31.0. The molecule has 0 bridgehead atoms. The first-order valence-corrected chi connectivity index (χ1v) is 44.3. The molecule has 640 valence electrons. The Kier molecular flexibility index (Phi) is 64.3. The lowest BCUT2D eigenvalue weighted by molar-refractivity contribution is -0.379. The summed E-state index contributed by atoms with van der Waals surface area (Å²) in [6.07, 6.45) is 72.9. The first-order chi connectivity index (χ1) is 54.3. The van der Waals surface area contributed by atoms with E-state index < -0.39 is 124 Å². The van der Waals surface area contributed by atoms with Crippen LogP contribution in [0.2, 0.25) is 0 Å².